The van der Waals surface area contributed by atoms with Gasteiger partial charge in [-0.25, -0.2) is 9.18 Å². The molecule has 0 bridgehead atoms. The number of hydrogen-bond acceptors (Lipinski definition) is 3. The van der Waals surface area contributed by atoms with Crippen LogP contribution in [-0.4, -0.2) is 10.5 Å². The van der Waals surface area contributed by atoms with Gasteiger partial charge < -0.3 is 9.73 Å². The minimum absolute atomic E-state index is 0.133. The van der Waals surface area contributed by atoms with Crippen molar-refractivity contribution in [3.63, 3.8) is 0 Å². The van der Waals surface area contributed by atoms with Crippen molar-refractivity contribution in [2.75, 3.05) is 5.32 Å². The molecule has 3 rings (SSSR count). The molecule has 7 heteroatoms. The number of nitrogens with zero attached hydrogens (tertiary/aromatic N) is 1. The van der Waals surface area contributed by atoms with Gasteiger partial charge >= 0.3 is 5.76 Å². The Labute approximate surface area is 145 Å². The number of nitrogens with one attached hydrogen (secondary N) is 1. The number of rotatable bonds is 5. The minimum Gasteiger partial charge on any atom is -0.408 e. The average Bonchev–Trinajstić information content (AvgIpc) is 2.86. The van der Waals surface area contributed by atoms with E-state index in [-0.39, 0.29) is 18.0 Å². The number of hydrogen-bond donors (Lipinski definition) is 1. The van der Waals surface area contributed by atoms with Gasteiger partial charge in [-0.15, -0.1) is 0 Å². The fourth-order valence-electron chi connectivity index (χ4n) is 2.43. The van der Waals surface area contributed by atoms with Crippen molar-refractivity contribution >= 4 is 38.6 Å². The molecule has 0 spiro atoms. The maximum Gasteiger partial charge on any atom is 0.419 e. The maximum absolute atomic E-state index is 13.7. The molecule has 24 heavy (non-hydrogen) atoms. The second kappa shape index (κ2) is 7.00. The fraction of sp³-hybridized carbons (Fsp3) is 0.176. The Balaban J connectivity index is 1.60. The third-order valence-corrected chi connectivity index (χ3v) is 4.06. The summed E-state index contributed by atoms with van der Waals surface area (Å²) < 4.78 is 20.9. The van der Waals surface area contributed by atoms with Crippen LogP contribution in [0.2, 0.25) is 0 Å². The highest BCUT2D eigenvalue weighted by atomic mass is 79.9. The van der Waals surface area contributed by atoms with E-state index in [4.69, 9.17) is 4.42 Å². The summed E-state index contributed by atoms with van der Waals surface area (Å²) in [6.45, 7) is 0.353. The molecule has 0 radical (unpaired) electrons. The molecule has 2 aromatic carbocycles. The van der Waals surface area contributed by atoms with Gasteiger partial charge in [-0.2, -0.15) is 0 Å². The molecule has 0 atom stereocenters. The predicted octanol–water partition coefficient (Wildman–Crippen LogP) is 3.92. The van der Waals surface area contributed by atoms with E-state index in [2.05, 4.69) is 21.2 Å². The second-order valence-electron chi connectivity index (χ2n) is 5.26. The Morgan fingerprint density at radius 1 is 1.25 bits per heavy atom. The molecule has 0 saturated heterocycles. The summed E-state index contributed by atoms with van der Waals surface area (Å²) in [5.41, 5.74) is 1.35. The first-order chi connectivity index (χ1) is 11.5. The lowest BCUT2D eigenvalue weighted by Crippen LogP contribution is -2.17. The number of para-hydroxylation sites is 2. The Bertz CT molecular complexity index is 948. The molecule has 1 N–H and O–H groups in total. The van der Waals surface area contributed by atoms with E-state index in [9.17, 15) is 14.0 Å². The molecule has 0 aliphatic carbocycles. The molecule has 0 saturated carbocycles. The van der Waals surface area contributed by atoms with E-state index in [1.165, 1.54) is 16.7 Å². The monoisotopic (exact) mass is 392 g/mol. The van der Waals surface area contributed by atoms with Crippen LogP contribution in [0.15, 0.2) is 56.1 Å². The molecule has 5 nitrogen and oxygen atoms in total. The quantitative estimate of drug-likeness (QED) is 0.715. The molecule has 1 heterocycles. The van der Waals surface area contributed by atoms with Crippen LogP contribution in [0.5, 0.6) is 0 Å². The normalized spacial score (nSPS) is 10.9. The molecule has 1 amide bonds. The van der Waals surface area contributed by atoms with Crippen LogP contribution >= 0.6 is 15.9 Å². The smallest absolute Gasteiger partial charge is 0.408 e. The number of aryl methyl sites for hydroxylation is 1. The SMILES string of the molecule is O=C(CCCn1c(=O)oc2ccccc21)Nc1ccc(Br)cc1F. The fourth-order valence-corrected chi connectivity index (χ4v) is 2.76. The van der Waals surface area contributed by atoms with Crippen LogP contribution in [0, 0.1) is 5.82 Å². The van der Waals surface area contributed by atoms with Crippen LogP contribution in [0.1, 0.15) is 12.8 Å². The van der Waals surface area contributed by atoms with Gasteiger partial charge in [0.15, 0.2) is 5.58 Å². The molecule has 3 aromatic rings. The topological polar surface area (TPSA) is 64.2 Å². The number of carbonyl (C=O) groups is 1. The predicted molar refractivity (Wildman–Crippen MR) is 92.4 cm³/mol. The zero-order valence-corrected chi connectivity index (χ0v) is 14.2. The summed E-state index contributed by atoms with van der Waals surface area (Å²) >= 11 is 3.16. The average molecular weight is 393 g/mol. The molecular formula is C17H14BrFN2O3. The molecule has 0 unspecified atom stereocenters. The van der Waals surface area contributed by atoms with Gasteiger partial charge in [0.1, 0.15) is 5.82 Å². The van der Waals surface area contributed by atoms with Gasteiger partial charge in [0.25, 0.3) is 0 Å². The standard InChI is InChI=1S/C17H14BrFN2O3/c18-11-7-8-13(12(19)10-11)20-16(22)6-3-9-21-14-4-1-2-5-15(14)24-17(21)23/h1-2,4-5,7-8,10H,3,6,9H2,(H,20,22). The third-order valence-electron chi connectivity index (χ3n) is 3.56. The third kappa shape index (κ3) is 3.56. The lowest BCUT2D eigenvalue weighted by Gasteiger charge is -2.07. The van der Waals surface area contributed by atoms with Crippen molar-refractivity contribution in [1.29, 1.82) is 0 Å². The van der Waals surface area contributed by atoms with Crippen molar-refractivity contribution in [2.24, 2.45) is 0 Å². The Hall–Kier alpha value is -2.41. The number of aromatic nitrogens is 1. The molecule has 0 aliphatic heterocycles. The molecule has 124 valence electrons. The molecular weight excluding hydrogens is 379 g/mol. The zero-order valence-electron chi connectivity index (χ0n) is 12.6. The highest BCUT2D eigenvalue weighted by molar-refractivity contribution is 9.10. The Kier molecular flexibility index (Phi) is 4.80. The molecule has 0 aliphatic rings. The van der Waals surface area contributed by atoms with Crippen LogP contribution in [-0.2, 0) is 11.3 Å². The van der Waals surface area contributed by atoms with Crippen molar-refractivity contribution < 1.29 is 13.6 Å². The van der Waals surface area contributed by atoms with E-state index in [1.54, 1.807) is 24.3 Å². The maximum atomic E-state index is 13.7. The van der Waals surface area contributed by atoms with Crippen molar-refractivity contribution in [3.8, 4) is 0 Å². The van der Waals surface area contributed by atoms with Crippen LogP contribution < -0.4 is 11.1 Å². The van der Waals surface area contributed by atoms with E-state index in [1.807, 2.05) is 6.07 Å². The number of benzene rings is 2. The highest BCUT2D eigenvalue weighted by Gasteiger charge is 2.10. The van der Waals surface area contributed by atoms with Gasteiger partial charge in [-0.3, -0.25) is 9.36 Å². The van der Waals surface area contributed by atoms with Crippen molar-refractivity contribution in [1.82, 2.24) is 4.57 Å². The second-order valence-corrected chi connectivity index (χ2v) is 6.18. The lowest BCUT2D eigenvalue weighted by molar-refractivity contribution is -0.116. The number of anilines is 1. The summed E-state index contributed by atoms with van der Waals surface area (Å²) in [5, 5.41) is 2.52. The number of halogens is 2. The zero-order chi connectivity index (χ0) is 17.1. The van der Waals surface area contributed by atoms with Crippen LogP contribution in [0.25, 0.3) is 11.1 Å². The van der Waals surface area contributed by atoms with Gasteiger partial charge in [-0.05, 0) is 36.8 Å². The van der Waals surface area contributed by atoms with Gasteiger partial charge in [-0.1, -0.05) is 28.1 Å². The summed E-state index contributed by atoms with van der Waals surface area (Å²) in [5.74, 6) is -1.26. The first-order valence-electron chi connectivity index (χ1n) is 7.38. The number of fused-ring (bicyclic) bond motifs is 1. The Morgan fingerprint density at radius 2 is 2.04 bits per heavy atom. The van der Waals surface area contributed by atoms with Crippen molar-refractivity contribution in [3.05, 3.63) is 63.3 Å². The first-order valence-corrected chi connectivity index (χ1v) is 8.17. The van der Waals surface area contributed by atoms with Crippen LogP contribution in [0.4, 0.5) is 10.1 Å². The summed E-state index contributed by atoms with van der Waals surface area (Å²) in [6.07, 6.45) is 0.606. The van der Waals surface area contributed by atoms with E-state index in [0.29, 0.717) is 28.5 Å². The molecule has 1 aromatic heterocycles. The van der Waals surface area contributed by atoms with E-state index >= 15 is 0 Å². The summed E-state index contributed by atoms with van der Waals surface area (Å²) in [6, 6.07) is 11.5. The highest BCUT2D eigenvalue weighted by Crippen LogP contribution is 2.19. The van der Waals surface area contributed by atoms with Gasteiger partial charge in [0, 0.05) is 17.4 Å². The first kappa shape index (κ1) is 16.4. The lowest BCUT2D eigenvalue weighted by atomic mass is 10.2. The Morgan fingerprint density at radius 3 is 2.83 bits per heavy atom. The summed E-state index contributed by atoms with van der Waals surface area (Å²) in [4.78, 5) is 23.7. The van der Waals surface area contributed by atoms with E-state index < -0.39 is 11.6 Å². The summed E-state index contributed by atoms with van der Waals surface area (Å²) in [7, 11) is 0. The van der Waals surface area contributed by atoms with E-state index in [0.717, 1.165) is 0 Å². The molecule has 0 fully saturated rings. The largest absolute Gasteiger partial charge is 0.419 e. The minimum atomic E-state index is -0.505. The number of oxazole rings is 1. The number of amides is 1. The number of carbonyl (C=O) groups excluding carboxylic acids is 1. The van der Waals surface area contributed by atoms with Gasteiger partial charge in [0.2, 0.25) is 5.91 Å². The van der Waals surface area contributed by atoms with Gasteiger partial charge in [0.05, 0.1) is 11.2 Å². The van der Waals surface area contributed by atoms with Crippen molar-refractivity contribution in [2.45, 2.75) is 19.4 Å². The van der Waals surface area contributed by atoms with Crippen LogP contribution in [0.3, 0.4) is 0 Å².